The van der Waals surface area contributed by atoms with Crippen molar-refractivity contribution in [3.63, 3.8) is 0 Å². The van der Waals surface area contributed by atoms with Crippen molar-refractivity contribution in [1.82, 2.24) is 9.97 Å². The highest BCUT2D eigenvalue weighted by Crippen LogP contribution is 2.28. The molecule has 0 spiro atoms. The fourth-order valence-electron chi connectivity index (χ4n) is 1.17. The Morgan fingerprint density at radius 1 is 1.50 bits per heavy atom. The van der Waals surface area contributed by atoms with Crippen LogP contribution in [0.2, 0.25) is 0 Å². The number of carboxylic acids is 1. The molecule has 6 heteroatoms. The van der Waals surface area contributed by atoms with E-state index in [-0.39, 0.29) is 5.56 Å². The monoisotopic (exact) mass is 238 g/mol. The van der Waals surface area contributed by atoms with Crippen LogP contribution in [0.15, 0.2) is 40.6 Å². The molecule has 82 valence electrons. The van der Waals surface area contributed by atoms with Gasteiger partial charge in [-0.1, -0.05) is 11.8 Å². The summed E-state index contributed by atoms with van der Waals surface area (Å²) in [5.74, 6) is -1.73. The van der Waals surface area contributed by atoms with E-state index >= 15 is 0 Å². The van der Waals surface area contributed by atoms with Gasteiger partial charge in [0.2, 0.25) is 0 Å². The predicted molar refractivity (Wildman–Crippen MR) is 56.1 cm³/mol. The number of imidazole rings is 1. The number of carboxylic acid groups (broad SMARTS) is 1. The molecule has 0 aliphatic rings. The third-order valence-electron chi connectivity index (χ3n) is 1.85. The standard InChI is InChI=1S/C10H7FN2O2S/c11-6-1-2-8(7(5-6)9(14)15)16-10-12-3-4-13-10/h1-5H,(H,12,13)(H,14,15). The van der Waals surface area contributed by atoms with Gasteiger partial charge in [0.05, 0.1) is 5.56 Å². The number of nitrogens with zero attached hydrogens (tertiary/aromatic N) is 1. The zero-order chi connectivity index (χ0) is 11.5. The minimum atomic E-state index is -1.16. The molecule has 2 rings (SSSR count). The van der Waals surface area contributed by atoms with Crippen LogP contribution < -0.4 is 0 Å². The molecular weight excluding hydrogens is 231 g/mol. The number of hydrogen-bond donors (Lipinski definition) is 2. The zero-order valence-corrected chi connectivity index (χ0v) is 8.79. The van der Waals surface area contributed by atoms with E-state index in [1.165, 1.54) is 12.1 Å². The quantitative estimate of drug-likeness (QED) is 0.861. The van der Waals surface area contributed by atoms with Crippen molar-refractivity contribution >= 4 is 17.7 Å². The first-order chi connectivity index (χ1) is 7.66. The maximum absolute atomic E-state index is 12.9. The van der Waals surface area contributed by atoms with E-state index < -0.39 is 11.8 Å². The van der Waals surface area contributed by atoms with Crippen LogP contribution in [0.1, 0.15) is 10.4 Å². The summed E-state index contributed by atoms with van der Waals surface area (Å²) in [5.41, 5.74) is -0.0681. The molecule has 0 saturated heterocycles. The van der Waals surface area contributed by atoms with Crippen molar-refractivity contribution in [3.05, 3.63) is 42.0 Å². The summed E-state index contributed by atoms with van der Waals surface area (Å²) in [5, 5.41) is 9.47. The van der Waals surface area contributed by atoms with Crippen molar-refractivity contribution in [2.75, 3.05) is 0 Å². The van der Waals surface area contributed by atoms with Gasteiger partial charge in [-0.15, -0.1) is 0 Å². The third-order valence-corrected chi connectivity index (χ3v) is 2.84. The van der Waals surface area contributed by atoms with Gasteiger partial charge in [-0.05, 0) is 18.2 Å². The number of halogens is 1. The largest absolute Gasteiger partial charge is 0.478 e. The highest BCUT2D eigenvalue weighted by molar-refractivity contribution is 7.99. The number of aromatic carboxylic acids is 1. The van der Waals surface area contributed by atoms with Crippen LogP contribution in [0, 0.1) is 5.82 Å². The average Bonchev–Trinajstić information content (AvgIpc) is 2.73. The van der Waals surface area contributed by atoms with E-state index in [0.717, 1.165) is 17.8 Å². The highest BCUT2D eigenvalue weighted by Gasteiger charge is 2.13. The molecule has 0 aliphatic heterocycles. The Bertz CT molecular complexity index is 514. The normalized spacial score (nSPS) is 10.3. The number of rotatable bonds is 3. The SMILES string of the molecule is O=C(O)c1cc(F)ccc1Sc1ncc[nH]1. The van der Waals surface area contributed by atoms with Crippen LogP contribution in [0.3, 0.4) is 0 Å². The molecule has 0 amide bonds. The molecule has 0 unspecified atom stereocenters. The first-order valence-electron chi connectivity index (χ1n) is 4.37. The molecule has 0 fully saturated rings. The molecule has 2 N–H and O–H groups in total. The first kappa shape index (κ1) is 10.7. The first-order valence-corrected chi connectivity index (χ1v) is 5.18. The molecule has 0 saturated carbocycles. The van der Waals surface area contributed by atoms with Crippen LogP contribution >= 0.6 is 11.8 Å². The predicted octanol–water partition coefficient (Wildman–Crippen LogP) is 2.40. The summed E-state index contributed by atoms with van der Waals surface area (Å²) in [6, 6.07) is 3.64. The molecule has 0 radical (unpaired) electrons. The lowest BCUT2D eigenvalue weighted by atomic mass is 10.2. The fraction of sp³-hybridized carbons (Fsp3) is 0. The lowest BCUT2D eigenvalue weighted by Crippen LogP contribution is -1.99. The van der Waals surface area contributed by atoms with E-state index in [2.05, 4.69) is 9.97 Å². The topological polar surface area (TPSA) is 66.0 Å². The number of benzene rings is 1. The number of hydrogen-bond acceptors (Lipinski definition) is 3. The molecule has 1 heterocycles. The minimum absolute atomic E-state index is 0.0681. The molecule has 0 bridgehead atoms. The van der Waals surface area contributed by atoms with Crippen molar-refractivity contribution in [2.24, 2.45) is 0 Å². The maximum Gasteiger partial charge on any atom is 0.336 e. The summed E-state index contributed by atoms with van der Waals surface area (Å²) < 4.78 is 12.9. The zero-order valence-electron chi connectivity index (χ0n) is 7.98. The summed E-state index contributed by atoms with van der Waals surface area (Å²) >= 11 is 1.14. The Morgan fingerprint density at radius 3 is 2.94 bits per heavy atom. The summed E-state index contributed by atoms with van der Waals surface area (Å²) in [6.45, 7) is 0. The van der Waals surface area contributed by atoms with Gasteiger partial charge in [-0.3, -0.25) is 0 Å². The summed E-state index contributed by atoms with van der Waals surface area (Å²) in [6.07, 6.45) is 3.19. The smallest absolute Gasteiger partial charge is 0.336 e. The summed E-state index contributed by atoms with van der Waals surface area (Å²) in [4.78, 5) is 18.1. The maximum atomic E-state index is 12.9. The molecule has 0 atom stereocenters. The Balaban J connectivity index is 2.36. The number of aromatic amines is 1. The van der Waals surface area contributed by atoms with E-state index in [1.54, 1.807) is 12.4 Å². The van der Waals surface area contributed by atoms with Gasteiger partial charge in [-0.2, -0.15) is 0 Å². The molecule has 16 heavy (non-hydrogen) atoms. The molecular formula is C10H7FN2O2S. The Kier molecular flexibility index (Phi) is 2.91. The van der Waals surface area contributed by atoms with Crippen LogP contribution in [-0.2, 0) is 0 Å². The van der Waals surface area contributed by atoms with Gasteiger partial charge in [0.15, 0.2) is 5.16 Å². The lowest BCUT2D eigenvalue weighted by molar-refractivity contribution is 0.0692. The Morgan fingerprint density at radius 2 is 2.31 bits per heavy atom. The summed E-state index contributed by atoms with van der Waals surface area (Å²) in [7, 11) is 0. The highest BCUT2D eigenvalue weighted by atomic mass is 32.2. The van der Waals surface area contributed by atoms with Crippen LogP contribution in [0.5, 0.6) is 0 Å². The van der Waals surface area contributed by atoms with Gasteiger partial charge in [0.25, 0.3) is 0 Å². The van der Waals surface area contributed by atoms with Crippen LogP contribution in [0.4, 0.5) is 4.39 Å². The molecule has 1 aromatic carbocycles. The molecule has 2 aromatic rings. The second kappa shape index (κ2) is 4.36. The number of carbonyl (C=O) groups is 1. The van der Waals surface area contributed by atoms with Crippen molar-refractivity contribution in [1.29, 1.82) is 0 Å². The average molecular weight is 238 g/mol. The van der Waals surface area contributed by atoms with Crippen molar-refractivity contribution in [3.8, 4) is 0 Å². The van der Waals surface area contributed by atoms with E-state index in [9.17, 15) is 9.18 Å². The van der Waals surface area contributed by atoms with Gasteiger partial charge in [-0.25, -0.2) is 14.2 Å². The second-order valence-electron chi connectivity index (χ2n) is 2.94. The second-order valence-corrected chi connectivity index (χ2v) is 3.97. The van der Waals surface area contributed by atoms with E-state index in [1.807, 2.05) is 0 Å². The van der Waals surface area contributed by atoms with Crippen molar-refractivity contribution in [2.45, 2.75) is 10.1 Å². The molecule has 0 aliphatic carbocycles. The van der Waals surface area contributed by atoms with Gasteiger partial charge in [0, 0.05) is 17.3 Å². The van der Waals surface area contributed by atoms with Crippen LogP contribution in [-0.4, -0.2) is 21.0 Å². The van der Waals surface area contributed by atoms with Crippen molar-refractivity contribution < 1.29 is 14.3 Å². The van der Waals surface area contributed by atoms with E-state index in [4.69, 9.17) is 5.11 Å². The van der Waals surface area contributed by atoms with Gasteiger partial charge < -0.3 is 10.1 Å². The number of aromatic nitrogens is 2. The fourth-order valence-corrected chi connectivity index (χ4v) is 2.01. The Labute approximate surface area is 94.5 Å². The Hall–Kier alpha value is -1.82. The molecule has 4 nitrogen and oxygen atoms in total. The van der Waals surface area contributed by atoms with Gasteiger partial charge in [0.1, 0.15) is 5.82 Å². The number of H-pyrrole nitrogens is 1. The molecule has 1 aromatic heterocycles. The van der Waals surface area contributed by atoms with Crippen LogP contribution in [0.25, 0.3) is 0 Å². The van der Waals surface area contributed by atoms with E-state index in [0.29, 0.717) is 10.1 Å². The lowest BCUT2D eigenvalue weighted by Gasteiger charge is -2.03. The van der Waals surface area contributed by atoms with Gasteiger partial charge >= 0.3 is 5.97 Å². The minimum Gasteiger partial charge on any atom is -0.478 e. The number of nitrogens with one attached hydrogen (secondary N) is 1. The third kappa shape index (κ3) is 2.22.